The largest absolute Gasteiger partial charge is 1.00 e. The quantitative estimate of drug-likeness (QED) is 0.174. The van der Waals surface area contributed by atoms with Crippen molar-refractivity contribution in [1.29, 1.82) is 0 Å². The van der Waals surface area contributed by atoms with Crippen molar-refractivity contribution in [2.75, 3.05) is 18.1 Å². The molecule has 0 spiro atoms. The van der Waals surface area contributed by atoms with Gasteiger partial charge in [0, 0.05) is 35.5 Å². The third-order valence-electron chi connectivity index (χ3n) is 4.04. The van der Waals surface area contributed by atoms with Gasteiger partial charge in [-0.15, -0.1) is 23.5 Å². The average Bonchev–Trinajstić information content (AvgIpc) is 2.68. The number of fused-ring (bicyclic) bond motifs is 1. The van der Waals surface area contributed by atoms with E-state index in [4.69, 9.17) is 4.74 Å². The molecular formula is C17H19N3Na2O6S2. The van der Waals surface area contributed by atoms with Crippen LogP contribution in [0.2, 0.25) is 0 Å². The van der Waals surface area contributed by atoms with Gasteiger partial charge in [-0.1, -0.05) is 0 Å². The third kappa shape index (κ3) is 6.49. The average molecular weight is 471 g/mol. The number of carboxylic acids is 1. The van der Waals surface area contributed by atoms with Crippen molar-refractivity contribution >= 4 is 47.3 Å². The molecule has 0 saturated carbocycles. The minimum absolute atomic E-state index is 0. The zero-order chi connectivity index (χ0) is 20.3. The molecule has 0 aromatic carbocycles. The van der Waals surface area contributed by atoms with E-state index in [1.807, 2.05) is 0 Å². The second-order valence-corrected chi connectivity index (χ2v) is 8.12. The van der Waals surface area contributed by atoms with Crippen LogP contribution in [0.5, 0.6) is 0 Å². The first-order valence-electron chi connectivity index (χ1n) is 8.24. The second-order valence-electron chi connectivity index (χ2n) is 5.96. The number of rotatable bonds is 7. The molecule has 2 atom stereocenters. The van der Waals surface area contributed by atoms with Gasteiger partial charge in [0.05, 0.1) is 5.75 Å². The number of esters is 1. The summed E-state index contributed by atoms with van der Waals surface area (Å²) in [6.07, 6.45) is 3.25. The maximum Gasteiger partial charge on any atom is 1.00 e. The van der Waals surface area contributed by atoms with Gasteiger partial charge in [0.2, 0.25) is 5.91 Å². The smallest absolute Gasteiger partial charge is 1.00 e. The standard InChI is InChI=1S/C17H17N3O6S2.2Na.2H/c1-9(21)26-6-10-7-28-16-13(15(23)20(16)14(10)17(24)25)19-12(22)8-27-11-2-4-18-5-3-11;;;;/h2-5,13,16H,6-8H2,1H3,(H,19,22)(H,24,25);;;;/q;2*+1;2*-1/t13-,16-;;;;/m1..../s1. The Bertz CT molecular complexity index is 866. The number of carbonyl (C=O) groups excluding carboxylic acids is 3. The fourth-order valence-corrected chi connectivity index (χ4v) is 4.80. The summed E-state index contributed by atoms with van der Waals surface area (Å²) in [5.74, 6) is -2.18. The van der Waals surface area contributed by atoms with Crippen LogP contribution in [0.1, 0.15) is 9.78 Å². The SMILES string of the molecule is CC(=O)OCC1=C(C(=O)O)N2C(=O)[C@@H](NC(=O)CSc3ccncc3)[C@H]2SC1.[H-].[H-].[Na+].[Na+]. The molecule has 1 aromatic rings. The van der Waals surface area contributed by atoms with Gasteiger partial charge in [0.15, 0.2) is 0 Å². The van der Waals surface area contributed by atoms with E-state index in [1.54, 1.807) is 24.5 Å². The Kier molecular flexibility index (Phi) is 11.5. The van der Waals surface area contributed by atoms with Crippen molar-refractivity contribution in [3.05, 3.63) is 35.8 Å². The number of carbonyl (C=O) groups is 4. The van der Waals surface area contributed by atoms with Crippen molar-refractivity contribution in [2.24, 2.45) is 0 Å². The van der Waals surface area contributed by atoms with Gasteiger partial charge in [-0.3, -0.25) is 24.3 Å². The van der Waals surface area contributed by atoms with Crippen molar-refractivity contribution < 1.29 is 91.0 Å². The van der Waals surface area contributed by atoms with Crippen molar-refractivity contribution in [3.63, 3.8) is 0 Å². The molecule has 152 valence electrons. The number of amides is 2. The molecule has 13 heteroatoms. The van der Waals surface area contributed by atoms with E-state index in [2.05, 4.69) is 10.3 Å². The predicted molar refractivity (Wildman–Crippen MR) is 104 cm³/mol. The summed E-state index contributed by atoms with van der Waals surface area (Å²) in [5.41, 5.74) is 0.182. The van der Waals surface area contributed by atoms with E-state index in [9.17, 15) is 24.3 Å². The number of hydrogen-bond acceptors (Lipinski definition) is 8. The summed E-state index contributed by atoms with van der Waals surface area (Å²) in [6, 6.07) is 2.78. The van der Waals surface area contributed by atoms with Crippen molar-refractivity contribution in [2.45, 2.75) is 23.2 Å². The van der Waals surface area contributed by atoms with Crippen LogP contribution in [0.15, 0.2) is 40.7 Å². The van der Waals surface area contributed by atoms with E-state index in [0.29, 0.717) is 11.3 Å². The van der Waals surface area contributed by atoms with Crippen LogP contribution < -0.4 is 64.4 Å². The summed E-state index contributed by atoms with van der Waals surface area (Å²) in [7, 11) is 0. The number of hydrogen-bond donors (Lipinski definition) is 2. The maximum atomic E-state index is 12.5. The van der Waals surface area contributed by atoms with Gasteiger partial charge in [-0.25, -0.2) is 4.79 Å². The summed E-state index contributed by atoms with van der Waals surface area (Å²) in [5, 5.41) is 11.7. The number of aliphatic carboxylic acids is 1. The van der Waals surface area contributed by atoms with E-state index < -0.39 is 29.3 Å². The first-order chi connectivity index (χ1) is 13.4. The molecule has 9 nitrogen and oxygen atoms in total. The van der Waals surface area contributed by atoms with Crippen LogP contribution in [0.25, 0.3) is 0 Å². The number of β-lactam (4-membered cyclic amide) rings is 1. The summed E-state index contributed by atoms with van der Waals surface area (Å²) in [4.78, 5) is 53.2. The normalized spacial score (nSPS) is 19.5. The Balaban J connectivity index is 0. The van der Waals surface area contributed by atoms with Gasteiger partial charge in [-0.05, 0) is 12.1 Å². The zero-order valence-corrected chi connectivity index (χ0v) is 22.4. The van der Waals surface area contributed by atoms with Crippen molar-refractivity contribution in [3.8, 4) is 0 Å². The Morgan fingerprint density at radius 1 is 1.37 bits per heavy atom. The molecule has 2 amide bonds. The topological polar surface area (TPSA) is 126 Å². The van der Waals surface area contributed by atoms with Crippen LogP contribution in [-0.2, 0) is 23.9 Å². The molecule has 0 bridgehead atoms. The molecule has 1 aromatic heterocycles. The van der Waals surface area contributed by atoms with Crippen LogP contribution in [0.4, 0.5) is 0 Å². The van der Waals surface area contributed by atoms with Gasteiger partial charge < -0.3 is 18.0 Å². The number of aromatic nitrogens is 1. The maximum absolute atomic E-state index is 12.5. The molecule has 2 aliphatic rings. The zero-order valence-electron chi connectivity index (χ0n) is 18.8. The minimum Gasteiger partial charge on any atom is -1.00 e. The van der Waals surface area contributed by atoms with E-state index >= 15 is 0 Å². The number of nitrogens with zero attached hydrogens (tertiary/aromatic N) is 2. The third-order valence-corrected chi connectivity index (χ3v) is 6.39. The van der Waals surface area contributed by atoms with Gasteiger partial charge >= 0.3 is 71.1 Å². The number of pyridine rings is 1. The Hall–Kier alpha value is -0.530. The Morgan fingerprint density at radius 2 is 2.03 bits per heavy atom. The molecule has 1 saturated heterocycles. The molecular weight excluding hydrogens is 452 g/mol. The second kappa shape index (κ2) is 12.5. The molecule has 3 heterocycles. The summed E-state index contributed by atoms with van der Waals surface area (Å²) >= 11 is 2.64. The molecule has 3 rings (SSSR count). The molecule has 2 N–H and O–H groups in total. The fourth-order valence-electron chi connectivity index (χ4n) is 2.78. The van der Waals surface area contributed by atoms with E-state index in [-0.39, 0.29) is 85.9 Å². The number of nitrogens with one attached hydrogen (secondary N) is 1. The predicted octanol–water partition coefficient (Wildman–Crippen LogP) is -5.29. The van der Waals surface area contributed by atoms with E-state index in [1.165, 1.54) is 30.4 Å². The number of ether oxygens (including phenoxy) is 1. The Labute approximate surface area is 228 Å². The first kappa shape index (κ1) is 27.5. The molecule has 0 radical (unpaired) electrons. The van der Waals surface area contributed by atoms with Crippen LogP contribution in [0, 0.1) is 0 Å². The fraction of sp³-hybridized carbons (Fsp3) is 0.353. The number of carboxylic acid groups (broad SMARTS) is 1. The number of thioether (sulfide) groups is 2. The molecule has 0 unspecified atom stereocenters. The van der Waals surface area contributed by atoms with Gasteiger partial charge in [0.1, 0.15) is 23.7 Å². The molecule has 2 aliphatic heterocycles. The molecule has 0 aliphatic carbocycles. The summed E-state index contributed by atoms with van der Waals surface area (Å²) in [6.45, 7) is 1.05. The van der Waals surface area contributed by atoms with Gasteiger partial charge in [-0.2, -0.15) is 0 Å². The first-order valence-corrected chi connectivity index (χ1v) is 10.3. The van der Waals surface area contributed by atoms with Crippen molar-refractivity contribution in [1.82, 2.24) is 15.2 Å². The van der Waals surface area contributed by atoms with Crippen LogP contribution in [0.3, 0.4) is 0 Å². The minimum atomic E-state index is -1.26. The molecule has 1 fully saturated rings. The molecule has 30 heavy (non-hydrogen) atoms. The van der Waals surface area contributed by atoms with Gasteiger partial charge in [0.25, 0.3) is 5.91 Å². The van der Waals surface area contributed by atoms with Crippen LogP contribution >= 0.6 is 23.5 Å². The monoisotopic (exact) mass is 471 g/mol. The Morgan fingerprint density at radius 3 is 2.63 bits per heavy atom. The van der Waals surface area contributed by atoms with Crippen LogP contribution in [-0.4, -0.2) is 68.3 Å². The summed E-state index contributed by atoms with van der Waals surface area (Å²) < 4.78 is 4.88. The van der Waals surface area contributed by atoms with E-state index in [0.717, 1.165) is 9.80 Å².